The summed E-state index contributed by atoms with van der Waals surface area (Å²) in [5.41, 5.74) is 3.18. The summed E-state index contributed by atoms with van der Waals surface area (Å²) < 4.78 is 0. The normalized spacial score (nSPS) is 14.4. The van der Waals surface area contributed by atoms with E-state index in [9.17, 15) is 4.79 Å². The zero-order valence-electron chi connectivity index (χ0n) is 12.0. The van der Waals surface area contributed by atoms with Gasteiger partial charge in [0.2, 0.25) is 5.91 Å². The molecule has 0 unspecified atom stereocenters. The van der Waals surface area contributed by atoms with Gasteiger partial charge in [-0.25, -0.2) is 0 Å². The van der Waals surface area contributed by atoms with Crippen LogP contribution in [0.3, 0.4) is 0 Å². The Morgan fingerprint density at radius 1 is 1.19 bits per heavy atom. The van der Waals surface area contributed by atoms with Crippen LogP contribution in [-0.2, 0) is 17.8 Å². The van der Waals surface area contributed by atoms with Crippen molar-refractivity contribution in [2.75, 3.05) is 18.0 Å². The molecule has 0 saturated carbocycles. The van der Waals surface area contributed by atoms with Crippen LogP contribution in [0, 0.1) is 0 Å². The Labute approximate surface area is 124 Å². The van der Waals surface area contributed by atoms with Gasteiger partial charge >= 0.3 is 0 Å². The molecule has 0 aliphatic carbocycles. The van der Waals surface area contributed by atoms with E-state index >= 15 is 0 Å². The number of benzene rings is 1. The summed E-state index contributed by atoms with van der Waals surface area (Å²) in [5.74, 6) is 0.164. The van der Waals surface area contributed by atoms with Crippen molar-refractivity contribution in [2.24, 2.45) is 0 Å². The van der Waals surface area contributed by atoms with Gasteiger partial charge in [0.1, 0.15) is 0 Å². The number of nitrogens with one attached hydrogen (secondary N) is 1. The quantitative estimate of drug-likeness (QED) is 0.937. The Kier molecular flexibility index (Phi) is 4.26. The van der Waals surface area contributed by atoms with Crippen LogP contribution < -0.4 is 10.2 Å². The molecule has 1 N–H and O–H groups in total. The van der Waals surface area contributed by atoms with Gasteiger partial charge in [0.25, 0.3) is 0 Å². The summed E-state index contributed by atoms with van der Waals surface area (Å²) in [6.07, 6.45) is 2.95. The Morgan fingerprint density at radius 3 is 2.90 bits per heavy atom. The maximum atomic E-state index is 12.6. The molecular weight excluding hydrogens is 262 g/mol. The second-order valence-corrected chi connectivity index (χ2v) is 5.17. The monoisotopic (exact) mass is 281 g/mol. The fourth-order valence-electron chi connectivity index (χ4n) is 2.63. The molecule has 0 radical (unpaired) electrons. The van der Waals surface area contributed by atoms with Gasteiger partial charge in [0, 0.05) is 43.6 Å². The van der Waals surface area contributed by atoms with E-state index in [0.717, 1.165) is 31.0 Å². The van der Waals surface area contributed by atoms with Crippen LogP contribution in [0.1, 0.15) is 17.7 Å². The number of fused-ring (bicyclic) bond motifs is 1. The number of pyridine rings is 1. The molecule has 21 heavy (non-hydrogen) atoms. The highest BCUT2D eigenvalue weighted by Gasteiger charge is 2.20. The number of para-hydroxylation sites is 1. The van der Waals surface area contributed by atoms with E-state index in [4.69, 9.17) is 0 Å². The van der Waals surface area contributed by atoms with E-state index in [-0.39, 0.29) is 5.91 Å². The maximum absolute atomic E-state index is 12.6. The van der Waals surface area contributed by atoms with Crippen LogP contribution in [0.25, 0.3) is 0 Å². The third-order valence-corrected chi connectivity index (χ3v) is 3.73. The molecule has 108 valence electrons. The van der Waals surface area contributed by atoms with Crippen molar-refractivity contribution in [3.05, 3.63) is 59.9 Å². The van der Waals surface area contributed by atoms with Crippen LogP contribution in [0.5, 0.6) is 0 Å². The van der Waals surface area contributed by atoms with E-state index in [1.54, 1.807) is 6.20 Å². The average Bonchev–Trinajstić information content (AvgIpc) is 2.76. The first-order valence-electron chi connectivity index (χ1n) is 7.33. The van der Waals surface area contributed by atoms with Crippen LogP contribution in [0.4, 0.5) is 5.69 Å². The number of anilines is 1. The number of aryl methyl sites for hydroxylation is 1. The van der Waals surface area contributed by atoms with Crippen LogP contribution in [0.2, 0.25) is 0 Å². The molecule has 1 aromatic heterocycles. The van der Waals surface area contributed by atoms with Gasteiger partial charge < -0.3 is 10.2 Å². The number of carbonyl (C=O) groups excluding carboxylic acids is 1. The number of hydrogen-bond donors (Lipinski definition) is 1. The SMILES string of the molecule is O=C(CCc1ccccn1)N1CCNCc2ccccc21. The number of nitrogens with zero attached hydrogens (tertiary/aromatic N) is 2. The number of carbonyl (C=O) groups is 1. The zero-order valence-corrected chi connectivity index (χ0v) is 12.0. The second-order valence-electron chi connectivity index (χ2n) is 5.17. The Balaban J connectivity index is 1.72. The molecular formula is C17H19N3O. The molecule has 0 bridgehead atoms. The minimum absolute atomic E-state index is 0.164. The molecule has 1 aliphatic rings. The molecule has 0 atom stereocenters. The standard InChI is InChI=1S/C17H19N3O/c21-17(9-8-15-6-3-4-10-19-15)20-12-11-18-13-14-5-1-2-7-16(14)20/h1-7,10,18H,8-9,11-13H2. The summed E-state index contributed by atoms with van der Waals surface area (Å²) >= 11 is 0. The molecule has 3 rings (SSSR count). The maximum Gasteiger partial charge on any atom is 0.227 e. The lowest BCUT2D eigenvalue weighted by Gasteiger charge is -2.22. The van der Waals surface area contributed by atoms with Crippen molar-refractivity contribution in [1.29, 1.82) is 0 Å². The van der Waals surface area contributed by atoms with Gasteiger partial charge in [-0.15, -0.1) is 0 Å². The van der Waals surface area contributed by atoms with Crippen molar-refractivity contribution < 1.29 is 4.79 Å². The fourth-order valence-corrected chi connectivity index (χ4v) is 2.63. The number of aromatic nitrogens is 1. The van der Waals surface area contributed by atoms with Crippen molar-refractivity contribution >= 4 is 11.6 Å². The molecule has 2 aromatic rings. The van der Waals surface area contributed by atoms with Gasteiger partial charge in [0.15, 0.2) is 0 Å². The minimum atomic E-state index is 0.164. The Morgan fingerprint density at radius 2 is 2.05 bits per heavy atom. The molecule has 1 aromatic carbocycles. The molecule has 4 heteroatoms. The van der Waals surface area contributed by atoms with Crippen LogP contribution in [0.15, 0.2) is 48.7 Å². The summed E-state index contributed by atoms with van der Waals surface area (Å²) in [7, 11) is 0. The lowest BCUT2D eigenvalue weighted by Crippen LogP contribution is -2.34. The lowest BCUT2D eigenvalue weighted by molar-refractivity contribution is -0.118. The van der Waals surface area contributed by atoms with Crippen LogP contribution >= 0.6 is 0 Å². The third kappa shape index (κ3) is 3.28. The van der Waals surface area contributed by atoms with Gasteiger partial charge in [-0.1, -0.05) is 24.3 Å². The van der Waals surface area contributed by atoms with Crippen molar-refractivity contribution in [3.63, 3.8) is 0 Å². The summed E-state index contributed by atoms with van der Waals surface area (Å²) in [6, 6.07) is 13.9. The van der Waals surface area contributed by atoms with Gasteiger partial charge in [-0.2, -0.15) is 0 Å². The van der Waals surface area contributed by atoms with E-state index in [1.165, 1.54) is 5.56 Å². The Bertz CT molecular complexity index is 612. The predicted octanol–water partition coefficient (Wildman–Crippen LogP) is 2.15. The van der Waals surface area contributed by atoms with Crippen molar-refractivity contribution in [3.8, 4) is 0 Å². The second kappa shape index (κ2) is 6.50. The highest BCUT2D eigenvalue weighted by molar-refractivity contribution is 5.94. The predicted molar refractivity (Wildman–Crippen MR) is 83.1 cm³/mol. The average molecular weight is 281 g/mol. The number of hydrogen-bond acceptors (Lipinski definition) is 3. The molecule has 1 amide bonds. The van der Waals surface area contributed by atoms with Crippen molar-refractivity contribution in [1.82, 2.24) is 10.3 Å². The Hall–Kier alpha value is -2.20. The first-order chi connectivity index (χ1) is 10.3. The smallest absolute Gasteiger partial charge is 0.227 e. The third-order valence-electron chi connectivity index (χ3n) is 3.73. The van der Waals surface area contributed by atoms with E-state index < -0.39 is 0 Å². The zero-order chi connectivity index (χ0) is 14.5. The molecule has 0 spiro atoms. The summed E-state index contributed by atoms with van der Waals surface area (Å²) in [4.78, 5) is 18.7. The van der Waals surface area contributed by atoms with E-state index in [0.29, 0.717) is 12.8 Å². The largest absolute Gasteiger partial charge is 0.311 e. The molecule has 0 fully saturated rings. The highest BCUT2D eigenvalue weighted by atomic mass is 16.2. The van der Waals surface area contributed by atoms with Crippen molar-refractivity contribution in [2.45, 2.75) is 19.4 Å². The first-order valence-corrected chi connectivity index (χ1v) is 7.33. The number of rotatable bonds is 3. The van der Waals surface area contributed by atoms with Crippen LogP contribution in [-0.4, -0.2) is 24.0 Å². The lowest BCUT2D eigenvalue weighted by atomic mass is 10.1. The summed E-state index contributed by atoms with van der Waals surface area (Å²) in [5, 5.41) is 3.36. The van der Waals surface area contributed by atoms with Gasteiger partial charge in [-0.05, 0) is 30.2 Å². The van der Waals surface area contributed by atoms with Gasteiger partial charge in [-0.3, -0.25) is 9.78 Å². The highest BCUT2D eigenvalue weighted by Crippen LogP contribution is 2.23. The molecule has 2 heterocycles. The van der Waals surface area contributed by atoms with Gasteiger partial charge in [0.05, 0.1) is 0 Å². The fraction of sp³-hybridized carbons (Fsp3) is 0.294. The number of amides is 1. The molecule has 0 saturated heterocycles. The molecule has 4 nitrogen and oxygen atoms in total. The minimum Gasteiger partial charge on any atom is -0.311 e. The van der Waals surface area contributed by atoms with E-state index in [1.807, 2.05) is 41.3 Å². The van der Waals surface area contributed by atoms with E-state index in [2.05, 4.69) is 16.4 Å². The summed E-state index contributed by atoms with van der Waals surface area (Å²) in [6.45, 7) is 2.36. The topological polar surface area (TPSA) is 45.2 Å². The molecule has 1 aliphatic heterocycles. The first kappa shape index (κ1) is 13.8.